The third-order valence-electron chi connectivity index (χ3n) is 9.82. The van der Waals surface area contributed by atoms with Gasteiger partial charge in [-0.2, -0.15) is 0 Å². The summed E-state index contributed by atoms with van der Waals surface area (Å²) >= 11 is 6.49. The van der Waals surface area contributed by atoms with E-state index in [0.29, 0.717) is 46.3 Å². The quantitative estimate of drug-likeness (QED) is 0.115. The molecule has 2 aliphatic rings. The van der Waals surface area contributed by atoms with E-state index in [-0.39, 0.29) is 30.0 Å². The van der Waals surface area contributed by atoms with Gasteiger partial charge in [-0.1, -0.05) is 18.2 Å². The molecule has 0 aliphatic carbocycles. The summed E-state index contributed by atoms with van der Waals surface area (Å²) in [5.41, 5.74) is 7.16. The molecule has 4 aromatic carbocycles. The fourth-order valence-electron chi connectivity index (χ4n) is 7.20. The Morgan fingerprint density at radius 1 is 0.906 bits per heavy atom. The van der Waals surface area contributed by atoms with Crippen LogP contribution in [0.2, 0.25) is 0 Å². The van der Waals surface area contributed by atoms with Gasteiger partial charge in [-0.05, 0) is 86.5 Å². The monoisotopic (exact) mass is 728 g/mol. The number of carbonyl (C=O) groups excluding carboxylic acids is 3. The van der Waals surface area contributed by atoms with Crippen LogP contribution in [0.15, 0.2) is 89.3 Å². The van der Waals surface area contributed by atoms with Gasteiger partial charge in [0.2, 0.25) is 0 Å². The molecule has 4 N–H and O–H groups in total. The molecular formula is C41H37ClN6O5. The molecule has 53 heavy (non-hydrogen) atoms. The molecule has 6 aromatic rings. The van der Waals surface area contributed by atoms with Gasteiger partial charge in [0.1, 0.15) is 11.3 Å². The van der Waals surface area contributed by atoms with E-state index in [2.05, 4.69) is 39.7 Å². The highest BCUT2D eigenvalue weighted by Gasteiger charge is 2.32. The van der Waals surface area contributed by atoms with E-state index in [0.717, 1.165) is 56.6 Å². The minimum Gasteiger partial charge on any atom is -0.451 e. The summed E-state index contributed by atoms with van der Waals surface area (Å²) in [7, 11) is 0. The van der Waals surface area contributed by atoms with Gasteiger partial charge < -0.3 is 34.6 Å². The first-order valence-electron chi connectivity index (χ1n) is 17.5. The first-order valence-corrected chi connectivity index (χ1v) is 18.0. The van der Waals surface area contributed by atoms with Crippen molar-refractivity contribution in [2.75, 3.05) is 57.8 Å². The number of para-hydroxylation sites is 1. The van der Waals surface area contributed by atoms with Gasteiger partial charge in [-0.3, -0.25) is 14.9 Å². The number of furan rings is 1. The molecular weight excluding hydrogens is 692 g/mol. The first-order chi connectivity index (χ1) is 25.7. The molecule has 2 aliphatic heterocycles. The van der Waals surface area contributed by atoms with Crippen molar-refractivity contribution < 1.29 is 23.5 Å². The van der Waals surface area contributed by atoms with E-state index >= 15 is 0 Å². The molecule has 2 aromatic heterocycles. The Kier molecular flexibility index (Phi) is 8.79. The Morgan fingerprint density at radius 3 is 2.49 bits per heavy atom. The van der Waals surface area contributed by atoms with Crippen molar-refractivity contribution in [1.29, 1.82) is 0 Å². The maximum atomic E-state index is 14.2. The zero-order valence-corrected chi connectivity index (χ0v) is 30.2. The summed E-state index contributed by atoms with van der Waals surface area (Å²) in [4.78, 5) is 47.6. The zero-order valence-electron chi connectivity index (χ0n) is 29.4. The molecule has 8 rings (SSSR count). The average molecular weight is 729 g/mol. The molecule has 0 radical (unpaired) electrons. The van der Waals surface area contributed by atoms with Gasteiger partial charge >= 0.3 is 6.09 Å². The zero-order chi connectivity index (χ0) is 36.8. The summed E-state index contributed by atoms with van der Waals surface area (Å²) in [6.45, 7) is 8.79. The van der Waals surface area contributed by atoms with Crippen LogP contribution < -0.4 is 40.9 Å². The smallest absolute Gasteiger partial charge is 0.417 e. The Balaban J connectivity index is 1.06. The minimum absolute atomic E-state index is 0.204. The molecule has 0 fully saturated rings. The number of benzene rings is 4. The maximum Gasteiger partial charge on any atom is 0.417 e. The second-order valence-corrected chi connectivity index (χ2v) is 13.4. The van der Waals surface area contributed by atoms with Crippen molar-refractivity contribution in [2.45, 2.75) is 20.8 Å². The van der Waals surface area contributed by atoms with Crippen LogP contribution in [0.3, 0.4) is 0 Å². The summed E-state index contributed by atoms with van der Waals surface area (Å²) in [6, 6.07) is 25.6. The van der Waals surface area contributed by atoms with Gasteiger partial charge in [-0.25, -0.2) is 4.79 Å². The number of rotatable bonds is 9. The summed E-state index contributed by atoms with van der Waals surface area (Å²) in [5.74, 6) is 0.0877. The van der Waals surface area contributed by atoms with E-state index in [4.69, 9.17) is 20.8 Å². The molecule has 4 heterocycles. The fraction of sp³-hybridized carbons (Fsp3) is 0.195. The Bertz CT molecular complexity index is 2570. The number of carbonyl (C=O) groups is 3. The number of halogens is 1. The number of H-pyrrole nitrogens is 1. The predicted octanol–water partition coefficient (Wildman–Crippen LogP) is 7.27. The molecule has 0 saturated carbocycles. The van der Waals surface area contributed by atoms with Crippen LogP contribution in [0.4, 0.5) is 33.2 Å². The van der Waals surface area contributed by atoms with Crippen LogP contribution in [0.1, 0.15) is 41.8 Å². The highest BCUT2D eigenvalue weighted by molar-refractivity contribution is 6.23. The van der Waals surface area contributed by atoms with Gasteiger partial charge in [0.15, 0.2) is 11.5 Å². The minimum atomic E-state index is -0.648. The van der Waals surface area contributed by atoms with E-state index in [1.807, 2.05) is 55.5 Å². The molecule has 0 atom stereocenters. The maximum absolute atomic E-state index is 14.2. The topological polar surface area (TPSA) is 132 Å². The third-order valence-corrected chi connectivity index (χ3v) is 10.1. The second kappa shape index (κ2) is 13.7. The number of alkyl halides is 1. The molecule has 268 valence electrons. The number of ether oxygens (including phenoxy) is 1. The van der Waals surface area contributed by atoms with Gasteiger partial charge in [0.25, 0.3) is 11.8 Å². The van der Waals surface area contributed by atoms with Crippen LogP contribution in [0.25, 0.3) is 33.0 Å². The lowest BCUT2D eigenvalue weighted by atomic mass is 10.1. The number of aromatic amines is 1. The van der Waals surface area contributed by atoms with Gasteiger partial charge in [-0.15, -0.1) is 11.6 Å². The van der Waals surface area contributed by atoms with Crippen molar-refractivity contribution in [3.63, 3.8) is 0 Å². The molecule has 12 heteroatoms. The standard InChI is InChI=1S/C41H37ClN6O5/c1-4-47(5-2)29-13-11-24-17-35(52-33(24)18-29)39(49)44-28-12-14-30-25(15-28)16-31(46-30)40(50)48-22-26(20-42)37-32(48)19-34(38-36(37)23(3)21-43-38)53-41(51)45-27-9-7-6-8-10-27/h6-19,43,46H,4-5,20-22H2,1-3H3,(H,44,49)(H,45,51). The normalized spacial score (nSPS) is 13.2. The van der Waals surface area contributed by atoms with Crippen LogP contribution >= 0.6 is 11.6 Å². The number of aromatic nitrogens is 1. The highest BCUT2D eigenvalue weighted by Crippen LogP contribution is 2.33. The molecule has 0 unspecified atom stereocenters. The van der Waals surface area contributed by atoms with Crippen LogP contribution in [0, 0.1) is 0 Å². The number of fused-ring (bicyclic) bond motifs is 5. The second-order valence-electron chi connectivity index (χ2n) is 13.1. The molecule has 3 amide bonds. The average Bonchev–Trinajstić information content (AvgIpc) is 3.96. The van der Waals surface area contributed by atoms with Crippen molar-refractivity contribution in [1.82, 2.24) is 4.98 Å². The number of hydrogen-bond donors (Lipinski definition) is 4. The summed E-state index contributed by atoms with van der Waals surface area (Å²) in [5, 5.41) is 12.4. The number of nitrogens with zero attached hydrogens (tertiary/aromatic N) is 2. The Hall–Kier alpha value is -6.20. The summed E-state index contributed by atoms with van der Waals surface area (Å²) in [6.07, 6.45) is -0.648. The number of anilines is 5. The molecule has 0 saturated heterocycles. The van der Waals surface area contributed by atoms with Crippen molar-refractivity contribution >= 4 is 91.0 Å². The van der Waals surface area contributed by atoms with E-state index in [1.54, 1.807) is 41.3 Å². The van der Waals surface area contributed by atoms with Crippen molar-refractivity contribution in [3.8, 4) is 5.75 Å². The van der Waals surface area contributed by atoms with E-state index in [9.17, 15) is 14.4 Å². The predicted molar refractivity (Wildman–Crippen MR) is 211 cm³/mol. The van der Waals surface area contributed by atoms with Crippen LogP contribution in [-0.2, 0) is 0 Å². The number of nitrogens with one attached hydrogen (secondary N) is 4. The molecule has 11 nitrogen and oxygen atoms in total. The first kappa shape index (κ1) is 33.9. The van der Waals surface area contributed by atoms with Crippen molar-refractivity contribution in [3.05, 3.63) is 107 Å². The summed E-state index contributed by atoms with van der Waals surface area (Å²) < 4.78 is 11.8. The van der Waals surface area contributed by atoms with Crippen molar-refractivity contribution in [2.24, 2.45) is 0 Å². The van der Waals surface area contributed by atoms with Gasteiger partial charge in [0.05, 0.1) is 11.4 Å². The molecule has 0 spiro atoms. The van der Waals surface area contributed by atoms with E-state index < -0.39 is 6.09 Å². The SMILES string of the molecule is CCN(CC)c1ccc2cc(C(=O)Nc3ccc4[nH]c(C(=O)N5CC(CCl)=c6c5cc(OC(=O)Nc5ccccc5)c5c6=C(C)CN5)cc4c3)oc2c1. The van der Waals surface area contributed by atoms with Gasteiger partial charge in [0, 0.05) is 88.0 Å². The third kappa shape index (κ3) is 6.23. The Morgan fingerprint density at radius 2 is 1.72 bits per heavy atom. The number of hydrogen-bond acceptors (Lipinski definition) is 7. The number of amides is 3. The largest absolute Gasteiger partial charge is 0.451 e. The molecule has 0 bridgehead atoms. The lowest BCUT2D eigenvalue weighted by molar-refractivity contribution is 0.0983. The lowest BCUT2D eigenvalue weighted by Crippen LogP contribution is -2.34. The Labute approximate surface area is 309 Å². The fourth-order valence-corrected chi connectivity index (χ4v) is 7.42. The van der Waals surface area contributed by atoms with E-state index in [1.165, 1.54) is 0 Å². The van der Waals surface area contributed by atoms with Crippen LogP contribution in [-0.4, -0.2) is 55.0 Å². The highest BCUT2D eigenvalue weighted by atomic mass is 35.5. The lowest BCUT2D eigenvalue weighted by Gasteiger charge is -2.20. The van der Waals surface area contributed by atoms with Crippen LogP contribution in [0.5, 0.6) is 5.75 Å².